The quantitative estimate of drug-likeness (QED) is 0.131. The smallest absolute Gasteiger partial charge is 0.416 e. The fourth-order valence-electron chi connectivity index (χ4n) is 7.61. The molecule has 1 atom stereocenters. The maximum Gasteiger partial charge on any atom is 0.416 e. The summed E-state index contributed by atoms with van der Waals surface area (Å²) >= 11 is 4.63. The Morgan fingerprint density at radius 3 is 2.05 bits per heavy atom. The van der Waals surface area contributed by atoms with E-state index in [0.29, 0.717) is 45.8 Å². The van der Waals surface area contributed by atoms with Crippen LogP contribution in [-0.2, 0) is 32.5 Å². The van der Waals surface area contributed by atoms with Crippen molar-refractivity contribution in [2.45, 2.75) is 89.4 Å². The molecule has 55 heavy (non-hydrogen) atoms. The molecule has 0 spiro atoms. The Hall–Kier alpha value is -3.66. The summed E-state index contributed by atoms with van der Waals surface area (Å²) in [5, 5.41) is 0.532. The highest BCUT2D eigenvalue weighted by Gasteiger charge is 2.52. The van der Waals surface area contributed by atoms with Gasteiger partial charge >= 0.3 is 11.9 Å². The molecule has 1 N–H and O–H groups in total. The van der Waals surface area contributed by atoms with Crippen molar-refractivity contribution in [2.75, 3.05) is 13.2 Å². The molecule has 2 aromatic heterocycles. The highest BCUT2D eigenvalue weighted by molar-refractivity contribution is 9.11. The van der Waals surface area contributed by atoms with E-state index in [-0.39, 0.29) is 28.7 Å². The van der Waals surface area contributed by atoms with Gasteiger partial charge in [-0.25, -0.2) is 9.36 Å². The second-order valence-corrected chi connectivity index (χ2v) is 21.5. The predicted molar refractivity (Wildman–Crippen MR) is 215 cm³/mol. The van der Waals surface area contributed by atoms with Crippen LogP contribution in [0.15, 0.2) is 98.3 Å². The lowest BCUT2D eigenvalue weighted by atomic mass is 9.91. The third-order valence-electron chi connectivity index (χ3n) is 10.8. The zero-order valence-corrected chi connectivity index (χ0v) is 34.7. The molecule has 5 aromatic rings. The number of nitrogens with zero attached hydrogens (tertiary/aromatic N) is 2. The highest BCUT2D eigenvalue weighted by atomic mass is 79.9. The molecule has 3 aromatic carbocycles. The van der Waals surface area contributed by atoms with Crippen molar-refractivity contribution in [2.24, 2.45) is 0 Å². The molecular weight excluding hydrogens is 814 g/mol. The van der Waals surface area contributed by atoms with Gasteiger partial charge in [-0.2, -0.15) is 13.2 Å². The van der Waals surface area contributed by atoms with Gasteiger partial charge in [0.25, 0.3) is 13.9 Å². The van der Waals surface area contributed by atoms with Gasteiger partial charge in [-0.15, -0.1) is 11.3 Å². The number of aromatic nitrogens is 2. The fraction of sp³-hybridized carbons (Fsp3) is 0.390. The zero-order chi connectivity index (χ0) is 39.9. The fourth-order valence-corrected chi connectivity index (χ4v) is 13.0. The molecule has 1 aliphatic heterocycles. The van der Waals surface area contributed by atoms with Gasteiger partial charge in [0.05, 0.1) is 27.4 Å². The monoisotopic (exact) mass is 856 g/mol. The molecular formula is C41H44BrF3N2O6SSi. The Morgan fingerprint density at radius 1 is 0.945 bits per heavy atom. The van der Waals surface area contributed by atoms with E-state index in [0.717, 1.165) is 22.0 Å². The average Bonchev–Trinajstić information content (AvgIpc) is 3.46. The number of aryl methyl sites for hydroxylation is 1. The maximum absolute atomic E-state index is 14.8. The molecule has 14 heteroatoms. The van der Waals surface area contributed by atoms with E-state index < -0.39 is 59.9 Å². The number of halogens is 4. The molecule has 8 nitrogen and oxygen atoms in total. The lowest BCUT2D eigenvalue weighted by Gasteiger charge is -2.42. The van der Waals surface area contributed by atoms with Crippen molar-refractivity contribution in [3.63, 3.8) is 0 Å². The van der Waals surface area contributed by atoms with Crippen molar-refractivity contribution in [3.8, 4) is 0 Å². The van der Waals surface area contributed by atoms with Crippen molar-refractivity contribution in [1.82, 2.24) is 9.13 Å². The van der Waals surface area contributed by atoms with Crippen LogP contribution >= 0.6 is 27.3 Å². The first-order valence-electron chi connectivity index (χ1n) is 18.1. The van der Waals surface area contributed by atoms with Crippen molar-refractivity contribution in [3.05, 3.63) is 126 Å². The van der Waals surface area contributed by atoms with Gasteiger partial charge in [0.2, 0.25) is 0 Å². The predicted octanol–water partition coefficient (Wildman–Crippen LogP) is 7.48. The van der Waals surface area contributed by atoms with Crippen molar-refractivity contribution >= 4 is 62.0 Å². The third-order valence-corrected chi connectivity index (χ3v) is 17.5. The largest absolute Gasteiger partial charge is 0.424 e. The summed E-state index contributed by atoms with van der Waals surface area (Å²) in [6.07, 6.45) is -5.68. The van der Waals surface area contributed by atoms with Gasteiger partial charge in [0.15, 0.2) is 5.78 Å². The molecule has 1 aliphatic rings. The number of hydrogen-bond donors (Lipinski definition) is 1. The molecule has 3 heterocycles. The number of thiophene rings is 1. The summed E-state index contributed by atoms with van der Waals surface area (Å²) in [7, 11) is -3.67. The summed E-state index contributed by atoms with van der Waals surface area (Å²) in [6.45, 7) is 8.76. The number of carbonyl (C=O) groups excluding carboxylic acids is 1. The lowest BCUT2D eigenvalue weighted by Crippen LogP contribution is -2.66. The Kier molecular flexibility index (Phi) is 11.7. The number of carbonyl (C=O) groups is 1. The summed E-state index contributed by atoms with van der Waals surface area (Å²) in [5.41, 5.74) is -3.79. The average molecular weight is 858 g/mol. The third kappa shape index (κ3) is 7.73. The van der Waals surface area contributed by atoms with Crippen molar-refractivity contribution in [1.29, 1.82) is 0 Å². The molecule has 0 saturated carbocycles. The Morgan fingerprint density at radius 2 is 1.49 bits per heavy atom. The number of fused-ring (bicyclic) bond motifs is 1. The van der Waals surface area contributed by atoms with Crippen LogP contribution in [0, 0.1) is 6.92 Å². The molecule has 0 aliphatic carbocycles. The van der Waals surface area contributed by atoms with Crippen LogP contribution in [0.4, 0.5) is 13.2 Å². The van der Waals surface area contributed by atoms with E-state index in [1.54, 1.807) is 6.92 Å². The van der Waals surface area contributed by atoms with E-state index >= 15 is 0 Å². The Bertz CT molecular complexity index is 2260. The molecule has 292 valence electrons. The second kappa shape index (κ2) is 15.7. The van der Waals surface area contributed by atoms with Gasteiger partial charge < -0.3 is 14.3 Å². The first kappa shape index (κ1) is 41.0. The first-order chi connectivity index (χ1) is 25.9. The molecule has 1 fully saturated rings. The maximum atomic E-state index is 14.8. The van der Waals surface area contributed by atoms with Gasteiger partial charge in [0.1, 0.15) is 16.5 Å². The van der Waals surface area contributed by atoms with Gasteiger partial charge in [-0.3, -0.25) is 14.2 Å². The van der Waals surface area contributed by atoms with Gasteiger partial charge in [-0.05, 0) is 82.1 Å². The molecule has 0 amide bonds. The zero-order valence-electron chi connectivity index (χ0n) is 31.3. The molecule has 0 radical (unpaired) electrons. The van der Waals surface area contributed by atoms with Crippen LogP contribution in [0.3, 0.4) is 0 Å². The minimum Gasteiger partial charge on any atom is -0.424 e. The molecule has 6 rings (SSSR count). The number of Topliss-reactive ketones (excluding diaryl/α,β-unsaturated/α-hetero) is 1. The van der Waals surface area contributed by atoms with E-state index in [4.69, 9.17) is 9.47 Å². The minimum absolute atomic E-state index is 0.144. The van der Waals surface area contributed by atoms with E-state index in [1.807, 2.05) is 74.5 Å². The second-order valence-electron chi connectivity index (χ2n) is 15.2. The topological polar surface area (TPSA) is 99.8 Å². The Balaban J connectivity index is 1.49. The van der Waals surface area contributed by atoms with E-state index in [2.05, 4.69) is 15.9 Å². The summed E-state index contributed by atoms with van der Waals surface area (Å²) in [4.78, 5) is 57.1. The van der Waals surface area contributed by atoms with Crippen LogP contribution in [-0.4, -0.2) is 47.3 Å². The highest BCUT2D eigenvalue weighted by Crippen LogP contribution is 2.42. The normalized spacial score (nSPS) is 15.4. The van der Waals surface area contributed by atoms with E-state index in [9.17, 15) is 32.4 Å². The Labute approximate surface area is 330 Å². The summed E-state index contributed by atoms with van der Waals surface area (Å²) < 4.78 is 58.1. The van der Waals surface area contributed by atoms with Crippen LogP contribution < -0.4 is 21.6 Å². The number of ether oxygens (including phenoxy) is 2. The minimum atomic E-state index is -4.71. The molecule has 1 unspecified atom stereocenters. The lowest BCUT2D eigenvalue weighted by molar-refractivity contribution is -0.141. The van der Waals surface area contributed by atoms with E-state index in [1.165, 1.54) is 36.6 Å². The van der Waals surface area contributed by atoms with Crippen LogP contribution in [0.25, 0.3) is 10.2 Å². The number of ketones is 1. The molecule has 1 saturated heterocycles. The number of benzene rings is 3. The number of hydrogen-bond acceptors (Lipinski definition) is 7. The SMILES string of the molecule is Cc1c(Br)sc2c1c(=O)n(C(C)(C)C(=O)CC(C)(C)[Si](O)(c1ccccc1)c1ccccc1)c(=O)n2CC(OC1CCOCC1)c1ccccc1C(F)(F)F. The number of alkyl halides is 3. The van der Waals surface area contributed by atoms with Gasteiger partial charge in [-0.1, -0.05) is 92.7 Å². The standard InChI is InChI=1S/C41H44BrF3N2O6SSi/c1-26-34-36(49)47(40(4,5)33(48)24-39(2,3)55(51,28-14-8-6-9-15-28)29-16-10-7-11-17-29)38(50)46(37(34)54-35(26)42)25-32(53-27-20-22-52-23-21-27)30-18-12-13-19-31(30)41(43,44)45/h6-19,27,32,51H,20-25H2,1-5H3. The summed E-state index contributed by atoms with van der Waals surface area (Å²) in [5.74, 6) is -0.468. The first-order valence-corrected chi connectivity index (χ1v) is 21.7. The summed E-state index contributed by atoms with van der Waals surface area (Å²) in [6, 6.07) is 23.6. The van der Waals surface area contributed by atoms with Crippen LogP contribution in [0.1, 0.15) is 69.8 Å². The van der Waals surface area contributed by atoms with Crippen LogP contribution in [0.2, 0.25) is 5.04 Å². The van der Waals surface area contributed by atoms with Crippen molar-refractivity contribution < 1.29 is 32.2 Å². The van der Waals surface area contributed by atoms with Crippen LogP contribution in [0.5, 0.6) is 0 Å². The number of rotatable bonds is 12. The van der Waals surface area contributed by atoms with Gasteiger partial charge in [0, 0.05) is 19.6 Å². The molecule has 0 bridgehead atoms.